The van der Waals surface area contributed by atoms with Crippen LogP contribution in [0.4, 0.5) is 0 Å². The fourth-order valence-corrected chi connectivity index (χ4v) is 2.62. The largest absolute Gasteiger partial charge is 0.367 e. The number of aliphatic hydroxyl groups is 2. The predicted octanol–water partition coefficient (Wildman–Crippen LogP) is 1.29. The third-order valence-electron chi connectivity index (χ3n) is 2.31. The van der Waals surface area contributed by atoms with Crippen molar-refractivity contribution in [2.75, 3.05) is 5.75 Å². The lowest BCUT2D eigenvalue weighted by Crippen LogP contribution is -2.26. The van der Waals surface area contributed by atoms with Gasteiger partial charge in [-0.25, -0.2) is 5.43 Å². The highest BCUT2D eigenvalue weighted by molar-refractivity contribution is 8.03. The van der Waals surface area contributed by atoms with Gasteiger partial charge in [-0.3, -0.25) is 0 Å². The molecule has 4 nitrogen and oxygen atoms in total. The molecule has 1 aliphatic heterocycles. The molecule has 1 aromatic carbocycles. The van der Waals surface area contributed by atoms with Gasteiger partial charge in [-0.05, 0) is 5.56 Å². The molecule has 0 aliphatic carbocycles. The van der Waals surface area contributed by atoms with Crippen molar-refractivity contribution in [3.8, 4) is 0 Å². The molecule has 4 N–H and O–H groups in total. The molecule has 1 aromatic rings. The number of halogens is 1. The number of hydrazine groups is 1. The summed E-state index contributed by atoms with van der Waals surface area (Å²) < 4.78 is 0. The summed E-state index contributed by atoms with van der Waals surface area (Å²) >= 11 is 7.51. The van der Waals surface area contributed by atoms with E-state index in [-0.39, 0.29) is 11.8 Å². The first kappa shape index (κ1) is 12.7. The molecule has 0 bridgehead atoms. The molecule has 1 unspecified atom stereocenters. The lowest BCUT2D eigenvalue weighted by atomic mass is 10.1. The number of hydrogen-bond donors (Lipinski definition) is 4. The number of aliphatic hydroxyl groups excluding tert-OH is 1. The highest BCUT2D eigenvalue weighted by atomic mass is 35.5. The molecule has 0 saturated carbocycles. The van der Waals surface area contributed by atoms with Crippen LogP contribution in [0.3, 0.4) is 0 Å². The van der Waals surface area contributed by atoms with Crippen molar-refractivity contribution >= 4 is 23.4 Å². The van der Waals surface area contributed by atoms with Crippen molar-refractivity contribution in [1.29, 1.82) is 0 Å². The molecule has 0 fully saturated rings. The minimum Gasteiger partial charge on any atom is -0.367 e. The van der Waals surface area contributed by atoms with Gasteiger partial charge in [0.15, 0.2) is 6.29 Å². The van der Waals surface area contributed by atoms with Crippen LogP contribution >= 0.6 is 23.4 Å². The van der Waals surface area contributed by atoms with Gasteiger partial charge < -0.3 is 15.6 Å². The van der Waals surface area contributed by atoms with Gasteiger partial charge in [0.2, 0.25) is 0 Å². The quantitative estimate of drug-likeness (QED) is 0.622. The molecule has 17 heavy (non-hydrogen) atoms. The molecule has 0 radical (unpaired) electrons. The second kappa shape index (κ2) is 5.75. The number of benzene rings is 1. The fraction of sp³-hybridized carbons (Fsp3) is 0.273. The van der Waals surface area contributed by atoms with Gasteiger partial charge in [0.25, 0.3) is 0 Å². The molecule has 2 rings (SSSR count). The Morgan fingerprint density at radius 2 is 2.00 bits per heavy atom. The maximum absolute atomic E-state index is 8.80. The molecule has 0 saturated heterocycles. The number of rotatable bonds is 4. The zero-order valence-corrected chi connectivity index (χ0v) is 10.5. The van der Waals surface area contributed by atoms with Crippen LogP contribution in [-0.2, 0) is 0 Å². The molecule has 6 heteroatoms. The van der Waals surface area contributed by atoms with Crippen LogP contribution in [0.5, 0.6) is 0 Å². The van der Waals surface area contributed by atoms with E-state index in [1.807, 2.05) is 30.3 Å². The topological polar surface area (TPSA) is 64.5 Å². The van der Waals surface area contributed by atoms with E-state index in [2.05, 4.69) is 10.9 Å². The SMILES string of the molecule is OC(O)CSC1=C(Cl)C(c2ccccc2)NN1. The van der Waals surface area contributed by atoms with Crippen LogP contribution < -0.4 is 10.9 Å². The summed E-state index contributed by atoms with van der Waals surface area (Å²) in [5.74, 6) is 0.182. The van der Waals surface area contributed by atoms with Crippen LogP contribution in [-0.4, -0.2) is 22.3 Å². The molecule has 1 atom stereocenters. The monoisotopic (exact) mass is 272 g/mol. The second-order valence-corrected chi connectivity index (χ2v) is 5.02. The lowest BCUT2D eigenvalue weighted by Gasteiger charge is -2.09. The molecular weight excluding hydrogens is 260 g/mol. The Bertz CT molecular complexity index is 411. The van der Waals surface area contributed by atoms with Crippen molar-refractivity contribution in [2.24, 2.45) is 0 Å². The molecule has 1 aliphatic rings. The van der Waals surface area contributed by atoms with Gasteiger partial charge in [0, 0.05) is 0 Å². The summed E-state index contributed by atoms with van der Waals surface area (Å²) in [5.41, 5.74) is 7.07. The Kier molecular flexibility index (Phi) is 4.31. The molecule has 1 heterocycles. The van der Waals surface area contributed by atoms with E-state index < -0.39 is 6.29 Å². The third-order valence-corrected chi connectivity index (χ3v) is 3.90. The van der Waals surface area contributed by atoms with Gasteiger partial charge in [-0.1, -0.05) is 41.9 Å². The Balaban J connectivity index is 2.08. The van der Waals surface area contributed by atoms with E-state index in [0.717, 1.165) is 10.6 Å². The smallest absolute Gasteiger partial charge is 0.161 e. The van der Waals surface area contributed by atoms with Gasteiger partial charge in [0.1, 0.15) is 0 Å². The maximum Gasteiger partial charge on any atom is 0.161 e. The normalized spacial score (nSPS) is 19.9. The lowest BCUT2D eigenvalue weighted by molar-refractivity contribution is -0.0185. The van der Waals surface area contributed by atoms with E-state index in [0.29, 0.717) is 5.03 Å². The average Bonchev–Trinajstić information content (AvgIpc) is 2.69. The van der Waals surface area contributed by atoms with Crippen LogP contribution in [0.1, 0.15) is 11.6 Å². The number of hydrogen-bond acceptors (Lipinski definition) is 5. The van der Waals surface area contributed by atoms with Crippen molar-refractivity contribution in [1.82, 2.24) is 10.9 Å². The Morgan fingerprint density at radius 1 is 1.29 bits per heavy atom. The second-order valence-electron chi connectivity index (χ2n) is 3.58. The maximum atomic E-state index is 8.80. The number of nitrogens with one attached hydrogen (secondary N) is 2. The first-order valence-corrected chi connectivity index (χ1v) is 6.50. The van der Waals surface area contributed by atoms with E-state index in [1.54, 1.807) is 0 Å². The van der Waals surface area contributed by atoms with Crippen LogP contribution in [0, 0.1) is 0 Å². The Hall–Kier alpha value is -0.720. The summed E-state index contributed by atoms with van der Waals surface area (Å²) in [6.45, 7) is 0. The highest BCUT2D eigenvalue weighted by Gasteiger charge is 2.25. The Morgan fingerprint density at radius 3 is 2.65 bits per heavy atom. The Labute approximate surface area is 109 Å². The minimum absolute atomic E-state index is 0.0868. The van der Waals surface area contributed by atoms with Crippen molar-refractivity contribution in [2.45, 2.75) is 12.3 Å². The summed E-state index contributed by atoms with van der Waals surface area (Å²) in [4.78, 5) is 0. The zero-order chi connectivity index (χ0) is 12.3. The van der Waals surface area contributed by atoms with Gasteiger partial charge in [0.05, 0.1) is 21.9 Å². The van der Waals surface area contributed by atoms with Crippen molar-refractivity contribution < 1.29 is 10.2 Å². The van der Waals surface area contributed by atoms with Crippen molar-refractivity contribution in [3.63, 3.8) is 0 Å². The van der Waals surface area contributed by atoms with Crippen molar-refractivity contribution in [3.05, 3.63) is 46.0 Å². The molecule has 0 amide bonds. The van der Waals surface area contributed by atoms with Gasteiger partial charge in [-0.2, -0.15) is 0 Å². The first-order valence-electron chi connectivity index (χ1n) is 5.13. The average molecular weight is 273 g/mol. The molecule has 0 aromatic heterocycles. The summed E-state index contributed by atoms with van der Waals surface area (Å²) in [6, 6.07) is 9.72. The van der Waals surface area contributed by atoms with Gasteiger partial charge >= 0.3 is 0 Å². The third kappa shape index (κ3) is 3.14. The zero-order valence-electron chi connectivity index (χ0n) is 8.93. The molecule has 0 spiro atoms. The highest BCUT2D eigenvalue weighted by Crippen LogP contribution is 2.34. The van der Waals surface area contributed by atoms with Crippen LogP contribution in [0.2, 0.25) is 0 Å². The summed E-state index contributed by atoms with van der Waals surface area (Å²) in [7, 11) is 0. The number of thioether (sulfide) groups is 1. The summed E-state index contributed by atoms with van der Waals surface area (Å²) in [6.07, 6.45) is -1.34. The standard InChI is InChI=1S/C11H13ClN2O2S/c12-9-10(7-4-2-1-3-5-7)13-14-11(9)17-6-8(15)16/h1-5,8,10,13-16H,6H2. The summed E-state index contributed by atoms with van der Waals surface area (Å²) in [5, 5.41) is 19.0. The van der Waals surface area contributed by atoms with E-state index in [1.165, 1.54) is 11.8 Å². The van der Waals surface area contributed by atoms with E-state index in [4.69, 9.17) is 21.8 Å². The molecule has 92 valence electrons. The molecular formula is C11H13ClN2O2S. The van der Waals surface area contributed by atoms with Crippen LogP contribution in [0.15, 0.2) is 40.4 Å². The van der Waals surface area contributed by atoms with E-state index in [9.17, 15) is 0 Å². The predicted molar refractivity (Wildman–Crippen MR) is 69.0 cm³/mol. The van der Waals surface area contributed by atoms with Crippen LogP contribution in [0.25, 0.3) is 0 Å². The van der Waals surface area contributed by atoms with Gasteiger partial charge in [-0.15, -0.1) is 11.8 Å². The van der Waals surface area contributed by atoms with E-state index >= 15 is 0 Å². The fourth-order valence-electron chi connectivity index (χ4n) is 1.53. The first-order chi connectivity index (χ1) is 8.18. The minimum atomic E-state index is -1.34.